The van der Waals surface area contributed by atoms with Crippen LogP contribution in [0.1, 0.15) is 25.7 Å². The molecule has 0 bridgehead atoms. The molecule has 2 rings (SSSR count). The summed E-state index contributed by atoms with van der Waals surface area (Å²) in [6, 6.07) is 5.77. The van der Waals surface area contributed by atoms with E-state index in [-0.39, 0.29) is 6.04 Å². The predicted octanol–water partition coefficient (Wildman–Crippen LogP) is 2.51. The van der Waals surface area contributed by atoms with E-state index < -0.39 is 0 Å². The lowest BCUT2D eigenvalue weighted by Gasteiger charge is -2.05. The normalized spacial score (nSPS) is 12.9. The molecule has 1 heterocycles. The number of hydrogen-bond acceptors (Lipinski definition) is 4. The van der Waals surface area contributed by atoms with Gasteiger partial charge < -0.3 is 14.9 Å². The third-order valence-corrected chi connectivity index (χ3v) is 2.74. The van der Waals surface area contributed by atoms with E-state index in [4.69, 9.17) is 14.9 Å². The van der Waals surface area contributed by atoms with Crippen molar-refractivity contribution in [3.63, 3.8) is 0 Å². The number of benzene rings is 1. The summed E-state index contributed by atoms with van der Waals surface area (Å²) < 4.78 is 10.9. The molecule has 1 aromatic carbocycles. The predicted molar refractivity (Wildman–Crippen MR) is 67.1 cm³/mol. The van der Waals surface area contributed by atoms with Gasteiger partial charge in [-0.2, -0.15) is 0 Å². The SMILES string of the molecule is CCCC(N)Cc1nc2c(OC)cccc2o1. The van der Waals surface area contributed by atoms with Crippen molar-refractivity contribution < 1.29 is 9.15 Å². The van der Waals surface area contributed by atoms with Crippen molar-refractivity contribution in [1.82, 2.24) is 4.98 Å². The van der Waals surface area contributed by atoms with Crippen molar-refractivity contribution in [3.05, 3.63) is 24.1 Å². The first-order valence-corrected chi connectivity index (χ1v) is 5.92. The minimum atomic E-state index is 0.110. The number of oxazole rings is 1. The second-order valence-corrected chi connectivity index (χ2v) is 4.17. The first-order valence-electron chi connectivity index (χ1n) is 5.92. The van der Waals surface area contributed by atoms with Gasteiger partial charge in [-0.15, -0.1) is 0 Å². The number of rotatable bonds is 5. The van der Waals surface area contributed by atoms with E-state index in [2.05, 4.69) is 11.9 Å². The molecule has 0 saturated carbocycles. The van der Waals surface area contributed by atoms with Crippen LogP contribution in [0.25, 0.3) is 11.1 Å². The maximum Gasteiger partial charge on any atom is 0.197 e. The highest BCUT2D eigenvalue weighted by atomic mass is 16.5. The van der Waals surface area contributed by atoms with Gasteiger partial charge in [-0.05, 0) is 18.6 Å². The average molecular weight is 234 g/mol. The lowest BCUT2D eigenvalue weighted by Crippen LogP contribution is -2.22. The van der Waals surface area contributed by atoms with Crippen LogP contribution in [-0.4, -0.2) is 18.1 Å². The molecule has 2 N–H and O–H groups in total. The van der Waals surface area contributed by atoms with Crippen LogP contribution in [-0.2, 0) is 6.42 Å². The van der Waals surface area contributed by atoms with Crippen molar-refractivity contribution in [2.75, 3.05) is 7.11 Å². The Morgan fingerprint density at radius 1 is 1.47 bits per heavy atom. The maximum absolute atomic E-state index is 5.98. The topological polar surface area (TPSA) is 61.3 Å². The summed E-state index contributed by atoms with van der Waals surface area (Å²) in [5.41, 5.74) is 7.50. The van der Waals surface area contributed by atoms with E-state index >= 15 is 0 Å². The number of nitrogens with two attached hydrogens (primary N) is 1. The largest absolute Gasteiger partial charge is 0.494 e. The summed E-state index contributed by atoms with van der Waals surface area (Å²) in [5.74, 6) is 1.42. The Kier molecular flexibility index (Phi) is 3.64. The second kappa shape index (κ2) is 5.19. The minimum absolute atomic E-state index is 0.110. The number of nitrogens with zero attached hydrogens (tertiary/aromatic N) is 1. The Labute approximate surface area is 101 Å². The molecule has 0 amide bonds. The van der Waals surface area contributed by atoms with E-state index in [9.17, 15) is 0 Å². The third kappa shape index (κ3) is 2.58. The average Bonchev–Trinajstić information content (AvgIpc) is 2.70. The fraction of sp³-hybridized carbons (Fsp3) is 0.462. The van der Waals surface area contributed by atoms with Crippen LogP contribution in [0.4, 0.5) is 0 Å². The Morgan fingerprint density at radius 2 is 2.29 bits per heavy atom. The summed E-state index contributed by atoms with van der Waals surface area (Å²) in [6.07, 6.45) is 2.73. The molecule has 4 heteroatoms. The van der Waals surface area contributed by atoms with Gasteiger partial charge in [0.25, 0.3) is 0 Å². The summed E-state index contributed by atoms with van der Waals surface area (Å²) in [6.45, 7) is 2.12. The van der Waals surface area contributed by atoms with Crippen molar-refractivity contribution >= 4 is 11.1 Å². The van der Waals surface area contributed by atoms with Crippen molar-refractivity contribution in [1.29, 1.82) is 0 Å². The van der Waals surface area contributed by atoms with E-state index in [0.717, 1.165) is 29.7 Å². The first-order chi connectivity index (χ1) is 8.24. The van der Waals surface area contributed by atoms with Crippen LogP contribution in [0.15, 0.2) is 22.6 Å². The quantitative estimate of drug-likeness (QED) is 0.863. The van der Waals surface area contributed by atoms with E-state index in [1.54, 1.807) is 7.11 Å². The van der Waals surface area contributed by atoms with Gasteiger partial charge in [0, 0.05) is 12.5 Å². The molecule has 0 aliphatic carbocycles. The number of hydrogen-bond donors (Lipinski definition) is 1. The minimum Gasteiger partial charge on any atom is -0.494 e. The standard InChI is InChI=1S/C13H18N2O2/c1-3-5-9(14)8-12-15-13-10(16-2)6-4-7-11(13)17-12/h4,6-7,9H,3,5,8,14H2,1-2H3. The molecular formula is C13H18N2O2. The zero-order valence-corrected chi connectivity index (χ0v) is 10.3. The number of methoxy groups -OCH3 is 1. The van der Waals surface area contributed by atoms with Crippen LogP contribution < -0.4 is 10.5 Å². The number of ether oxygens (including phenoxy) is 1. The molecule has 1 unspecified atom stereocenters. The molecule has 4 nitrogen and oxygen atoms in total. The zero-order chi connectivity index (χ0) is 12.3. The number of para-hydroxylation sites is 1. The number of fused-ring (bicyclic) bond motifs is 1. The summed E-state index contributed by atoms with van der Waals surface area (Å²) in [4.78, 5) is 4.43. The maximum atomic E-state index is 5.98. The monoisotopic (exact) mass is 234 g/mol. The molecule has 2 aromatic rings. The molecule has 92 valence electrons. The molecule has 0 saturated heterocycles. The molecular weight excluding hydrogens is 216 g/mol. The van der Waals surface area contributed by atoms with Crippen LogP contribution in [0.2, 0.25) is 0 Å². The fourth-order valence-electron chi connectivity index (χ4n) is 1.92. The van der Waals surface area contributed by atoms with Crippen LogP contribution >= 0.6 is 0 Å². The van der Waals surface area contributed by atoms with Gasteiger partial charge in [-0.1, -0.05) is 19.4 Å². The molecule has 1 atom stereocenters. The fourth-order valence-corrected chi connectivity index (χ4v) is 1.92. The molecule has 0 radical (unpaired) electrons. The highest BCUT2D eigenvalue weighted by Gasteiger charge is 2.12. The highest BCUT2D eigenvalue weighted by molar-refractivity contribution is 5.79. The summed E-state index contributed by atoms with van der Waals surface area (Å²) >= 11 is 0. The molecule has 0 spiro atoms. The highest BCUT2D eigenvalue weighted by Crippen LogP contribution is 2.25. The molecule has 0 fully saturated rings. The van der Waals surface area contributed by atoms with E-state index in [1.807, 2.05) is 18.2 Å². The van der Waals surface area contributed by atoms with Gasteiger partial charge in [0.15, 0.2) is 17.0 Å². The van der Waals surface area contributed by atoms with Crippen molar-refractivity contribution in [2.24, 2.45) is 5.73 Å². The second-order valence-electron chi connectivity index (χ2n) is 4.17. The van der Waals surface area contributed by atoms with Crippen LogP contribution in [0, 0.1) is 0 Å². The van der Waals surface area contributed by atoms with Crippen molar-refractivity contribution in [3.8, 4) is 5.75 Å². The molecule has 0 aliphatic heterocycles. The summed E-state index contributed by atoms with van der Waals surface area (Å²) in [7, 11) is 1.63. The first kappa shape index (κ1) is 11.9. The van der Waals surface area contributed by atoms with Gasteiger partial charge in [0.2, 0.25) is 0 Å². The number of aromatic nitrogens is 1. The van der Waals surface area contributed by atoms with Crippen molar-refractivity contribution in [2.45, 2.75) is 32.2 Å². The lowest BCUT2D eigenvalue weighted by molar-refractivity contribution is 0.419. The Hall–Kier alpha value is -1.55. The Bertz CT molecular complexity index is 493. The molecule has 17 heavy (non-hydrogen) atoms. The Morgan fingerprint density at radius 3 is 3.00 bits per heavy atom. The van der Waals surface area contributed by atoms with Crippen LogP contribution in [0.5, 0.6) is 5.75 Å². The third-order valence-electron chi connectivity index (χ3n) is 2.74. The van der Waals surface area contributed by atoms with Crippen LogP contribution in [0.3, 0.4) is 0 Å². The lowest BCUT2D eigenvalue weighted by atomic mass is 10.1. The van der Waals surface area contributed by atoms with E-state index in [0.29, 0.717) is 12.3 Å². The Balaban J connectivity index is 2.25. The molecule has 1 aromatic heterocycles. The van der Waals surface area contributed by atoms with Gasteiger partial charge in [-0.3, -0.25) is 0 Å². The van der Waals surface area contributed by atoms with Gasteiger partial charge in [0.1, 0.15) is 5.75 Å². The summed E-state index contributed by atoms with van der Waals surface area (Å²) in [5, 5.41) is 0. The smallest absolute Gasteiger partial charge is 0.197 e. The van der Waals surface area contributed by atoms with Gasteiger partial charge in [-0.25, -0.2) is 4.98 Å². The molecule has 0 aliphatic rings. The van der Waals surface area contributed by atoms with Gasteiger partial charge >= 0.3 is 0 Å². The van der Waals surface area contributed by atoms with Gasteiger partial charge in [0.05, 0.1) is 7.11 Å². The van der Waals surface area contributed by atoms with E-state index in [1.165, 1.54) is 0 Å². The zero-order valence-electron chi connectivity index (χ0n) is 10.3.